The largest absolute Gasteiger partial charge is 0.496 e. The molecule has 1 aromatic carbocycles. The van der Waals surface area contributed by atoms with Crippen LogP contribution >= 0.6 is 0 Å². The number of nitrogens with zero attached hydrogens (tertiary/aromatic N) is 3. The maximum Gasteiger partial charge on any atom is 0.122 e. The van der Waals surface area contributed by atoms with E-state index in [0.717, 1.165) is 57.0 Å². The quantitative estimate of drug-likeness (QED) is 0.659. The predicted octanol–water partition coefficient (Wildman–Crippen LogP) is 3.30. The molecule has 0 bridgehead atoms. The minimum atomic E-state index is 0.220. The molecule has 6 nitrogen and oxygen atoms in total. The first-order valence-corrected chi connectivity index (χ1v) is 11.1. The lowest BCUT2D eigenvalue weighted by molar-refractivity contribution is 0.0492. The van der Waals surface area contributed by atoms with Crippen molar-refractivity contribution in [1.29, 1.82) is 0 Å². The lowest BCUT2D eigenvalue weighted by Crippen LogP contribution is -2.52. The Labute approximate surface area is 181 Å². The highest BCUT2D eigenvalue weighted by Gasteiger charge is 2.27. The summed E-state index contributed by atoms with van der Waals surface area (Å²) in [4.78, 5) is 5.01. The first-order valence-electron chi connectivity index (χ1n) is 11.1. The zero-order valence-corrected chi connectivity index (χ0v) is 19.2. The van der Waals surface area contributed by atoms with Crippen LogP contribution in [-0.4, -0.2) is 64.5 Å². The molecule has 0 saturated carbocycles. The number of aliphatic hydroxyl groups is 1. The number of hydrogen-bond donors (Lipinski definition) is 2. The van der Waals surface area contributed by atoms with Crippen LogP contribution in [0.2, 0.25) is 0 Å². The zero-order chi connectivity index (χ0) is 21.7. The standard InChI is InChI=1S/C24H38N4O2/c1-17(2)12-21-13-22(26-25-21)15-27-9-10-28(23(16-27)8-11-29)14-20-6-7-24(30-5)19(4)18(20)3/h6-7,13,17,23,29H,8-12,14-16H2,1-5H3,(H,25,26)/t23-/m0/s1. The summed E-state index contributed by atoms with van der Waals surface area (Å²) in [5, 5.41) is 17.3. The lowest BCUT2D eigenvalue weighted by Gasteiger charge is -2.41. The van der Waals surface area contributed by atoms with Gasteiger partial charge in [0, 0.05) is 51.1 Å². The van der Waals surface area contributed by atoms with Crippen LogP contribution in [0.25, 0.3) is 0 Å². The van der Waals surface area contributed by atoms with Crippen molar-refractivity contribution in [2.24, 2.45) is 5.92 Å². The summed E-state index contributed by atoms with van der Waals surface area (Å²) in [5.74, 6) is 1.56. The van der Waals surface area contributed by atoms with Crippen LogP contribution in [0.4, 0.5) is 0 Å². The van der Waals surface area contributed by atoms with E-state index < -0.39 is 0 Å². The van der Waals surface area contributed by atoms with Crippen LogP contribution < -0.4 is 4.74 Å². The molecule has 0 aliphatic carbocycles. The molecule has 1 fully saturated rings. The van der Waals surface area contributed by atoms with Crippen LogP contribution in [0.5, 0.6) is 5.75 Å². The number of piperazine rings is 1. The lowest BCUT2D eigenvalue weighted by atomic mass is 10.00. The van der Waals surface area contributed by atoms with Crippen molar-refractivity contribution in [3.63, 3.8) is 0 Å². The van der Waals surface area contributed by atoms with Crippen LogP contribution in [0, 0.1) is 19.8 Å². The number of aliphatic hydroxyl groups excluding tert-OH is 1. The van der Waals surface area contributed by atoms with E-state index in [9.17, 15) is 5.11 Å². The monoisotopic (exact) mass is 414 g/mol. The summed E-state index contributed by atoms with van der Waals surface area (Å²) < 4.78 is 5.46. The Morgan fingerprint density at radius 1 is 1.20 bits per heavy atom. The number of rotatable bonds is 9. The van der Waals surface area contributed by atoms with Crippen LogP contribution in [-0.2, 0) is 19.5 Å². The van der Waals surface area contributed by atoms with Crippen molar-refractivity contribution < 1.29 is 9.84 Å². The van der Waals surface area contributed by atoms with E-state index in [4.69, 9.17) is 4.74 Å². The second-order valence-corrected chi connectivity index (χ2v) is 9.03. The summed E-state index contributed by atoms with van der Waals surface area (Å²) in [6.45, 7) is 13.8. The third-order valence-corrected chi connectivity index (χ3v) is 6.29. The van der Waals surface area contributed by atoms with Crippen molar-refractivity contribution in [2.75, 3.05) is 33.4 Å². The number of ether oxygens (including phenoxy) is 1. The SMILES string of the molecule is COc1ccc(CN2CCN(Cc3cc(CC(C)C)n[nH]3)C[C@@H]2CCO)c(C)c1C. The van der Waals surface area contributed by atoms with Gasteiger partial charge in [-0.05, 0) is 61.4 Å². The van der Waals surface area contributed by atoms with Gasteiger partial charge < -0.3 is 9.84 Å². The van der Waals surface area contributed by atoms with Gasteiger partial charge in [-0.25, -0.2) is 0 Å². The normalized spacial score (nSPS) is 18.3. The molecule has 0 unspecified atom stereocenters. The topological polar surface area (TPSA) is 64.6 Å². The van der Waals surface area contributed by atoms with Gasteiger partial charge in [-0.1, -0.05) is 19.9 Å². The molecule has 2 aromatic rings. The number of nitrogens with one attached hydrogen (secondary N) is 1. The van der Waals surface area contributed by atoms with Crippen molar-refractivity contribution in [3.8, 4) is 5.75 Å². The van der Waals surface area contributed by atoms with Crippen molar-refractivity contribution in [1.82, 2.24) is 20.0 Å². The molecule has 2 heterocycles. The molecule has 0 radical (unpaired) electrons. The minimum Gasteiger partial charge on any atom is -0.496 e. The van der Waals surface area contributed by atoms with E-state index in [2.05, 4.69) is 65.9 Å². The molecule has 2 N–H and O–H groups in total. The van der Waals surface area contributed by atoms with Gasteiger partial charge in [0.15, 0.2) is 0 Å². The van der Waals surface area contributed by atoms with E-state index >= 15 is 0 Å². The number of methoxy groups -OCH3 is 1. The molecule has 3 rings (SSSR count). The third-order valence-electron chi connectivity index (χ3n) is 6.29. The van der Waals surface area contributed by atoms with Gasteiger partial charge >= 0.3 is 0 Å². The van der Waals surface area contributed by atoms with Crippen LogP contribution in [0.15, 0.2) is 18.2 Å². The van der Waals surface area contributed by atoms with Gasteiger partial charge in [0.25, 0.3) is 0 Å². The van der Waals surface area contributed by atoms with Crippen molar-refractivity contribution in [2.45, 2.75) is 59.7 Å². The first kappa shape index (κ1) is 22.8. The summed E-state index contributed by atoms with van der Waals surface area (Å²) in [6.07, 6.45) is 1.81. The second-order valence-electron chi connectivity index (χ2n) is 9.03. The van der Waals surface area contributed by atoms with Gasteiger partial charge in [0.2, 0.25) is 0 Å². The predicted molar refractivity (Wildman–Crippen MR) is 121 cm³/mol. The number of hydrogen-bond acceptors (Lipinski definition) is 5. The molecule has 6 heteroatoms. The summed E-state index contributed by atoms with van der Waals surface area (Å²) in [5.41, 5.74) is 6.19. The Bertz CT molecular complexity index is 818. The Balaban J connectivity index is 1.64. The van der Waals surface area contributed by atoms with Gasteiger partial charge in [0.1, 0.15) is 5.75 Å². The van der Waals surface area contributed by atoms with Gasteiger partial charge in [-0.15, -0.1) is 0 Å². The molecule has 1 aromatic heterocycles. The second kappa shape index (κ2) is 10.4. The summed E-state index contributed by atoms with van der Waals surface area (Å²) in [6, 6.07) is 6.81. The van der Waals surface area contributed by atoms with E-state index in [0.29, 0.717) is 12.0 Å². The third kappa shape index (κ3) is 5.62. The maximum absolute atomic E-state index is 9.65. The van der Waals surface area contributed by atoms with Gasteiger partial charge in [0.05, 0.1) is 12.8 Å². The fourth-order valence-electron chi connectivity index (χ4n) is 4.45. The highest BCUT2D eigenvalue weighted by atomic mass is 16.5. The van der Waals surface area contributed by atoms with Crippen LogP contribution in [0.1, 0.15) is 48.3 Å². The average Bonchev–Trinajstić information content (AvgIpc) is 3.13. The molecule has 0 amide bonds. The van der Waals surface area contributed by atoms with E-state index in [-0.39, 0.29) is 6.61 Å². The molecule has 1 atom stereocenters. The smallest absolute Gasteiger partial charge is 0.122 e. The molecular formula is C24H38N4O2. The fraction of sp³-hybridized carbons (Fsp3) is 0.625. The van der Waals surface area contributed by atoms with Crippen LogP contribution in [0.3, 0.4) is 0 Å². The van der Waals surface area contributed by atoms with E-state index in [1.807, 2.05) is 0 Å². The maximum atomic E-state index is 9.65. The molecule has 1 aliphatic heterocycles. The average molecular weight is 415 g/mol. The molecule has 0 spiro atoms. The van der Waals surface area contributed by atoms with Gasteiger partial charge in [-0.3, -0.25) is 14.9 Å². The summed E-state index contributed by atoms with van der Waals surface area (Å²) >= 11 is 0. The number of H-pyrrole nitrogens is 1. The Morgan fingerprint density at radius 2 is 2.00 bits per heavy atom. The minimum absolute atomic E-state index is 0.220. The van der Waals surface area contributed by atoms with Crippen molar-refractivity contribution in [3.05, 3.63) is 46.3 Å². The number of aromatic nitrogens is 2. The Hall–Kier alpha value is -1.89. The molecule has 166 valence electrons. The van der Waals surface area contributed by atoms with E-state index in [1.165, 1.54) is 22.4 Å². The Kier molecular flexibility index (Phi) is 7.92. The molecule has 30 heavy (non-hydrogen) atoms. The summed E-state index contributed by atoms with van der Waals surface area (Å²) in [7, 11) is 1.73. The fourth-order valence-corrected chi connectivity index (χ4v) is 4.45. The van der Waals surface area contributed by atoms with E-state index in [1.54, 1.807) is 7.11 Å². The highest BCUT2D eigenvalue weighted by Crippen LogP contribution is 2.26. The number of benzene rings is 1. The first-order chi connectivity index (χ1) is 14.4. The molecular weight excluding hydrogens is 376 g/mol. The molecule has 1 aliphatic rings. The van der Waals surface area contributed by atoms with Crippen molar-refractivity contribution >= 4 is 0 Å². The van der Waals surface area contributed by atoms with Gasteiger partial charge in [-0.2, -0.15) is 5.10 Å². The Morgan fingerprint density at radius 3 is 2.70 bits per heavy atom. The number of aromatic amines is 1. The highest BCUT2D eigenvalue weighted by molar-refractivity contribution is 5.43. The zero-order valence-electron chi connectivity index (χ0n) is 19.2. The molecule has 1 saturated heterocycles.